The number of aromatic nitrogens is 1. The van der Waals surface area contributed by atoms with Gasteiger partial charge in [0.05, 0.1) is 0 Å². The lowest BCUT2D eigenvalue weighted by molar-refractivity contribution is 0.0948. The molecule has 0 bridgehead atoms. The average Bonchev–Trinajstić information content (AvgIpc) is 2.68. The van der Waals surface area contributed by atoms with Crippen LogP contribution in [0.4, 0.5) is 0 Å². The van der Waals surface area contributed by atoms with Crippen molar-refractivity contribution >= 4 is 5.91 Å². The summed E-state index contributed by atoms with van der Waals surface area (Å²) < 4.78 is 5.75. The Balaban J connectivity index is 1.68. The number of hydrogen-bond donors (Lipinski definition) is 1. The SMILES string of the molecule is CC(CNC(=O)c1cccnc1Oc1ccccc1)c1ccccc1. The van der Waals surface area contributed by atoms with Crippen LogP contribution >= 0.6 is 0 Å². The van der Waals surface area contributed by atoms with E-state index in [2.05, 4.69) is 29.4 Å². The van der Waals surface area contributed by atoms with Crippen molar-refractivity contribution in [2.45, 2.75) is 12.8 Å². The number of carbonyl (C=O) groups is 1. The second-order valence-corrected chi connectivity index (χ2v) is 5.79. The van der Waals surface area contributed by atoms with Crippen molar-refractivity contribution in [2.75, 3.05) is 6.54 Å². The molecule has 0 radical (unpaired) electrons. The first-order chi connectivity index (χ1) is 12.2. The van der Waals surface area contributed by atoms with Gasteiger partial charge in [-0.2, -0.15) is 0 Å². The van der Waals surface area contributed by atoms with Gasteiger partial charge in [0.1, 0.15) is 11.3 Å². The van der Waals surface area contributed by atoms with Gasteiger partial charge in [0.15, 0.2) is 0 Å². The molecule has 1 heterocycles. The Bertz CT molecular complexity index is 820. The summed E-state index contributed by atoms with van der Waals surface area (Å²) in [4.78, 5) is 16.8. The van der Waals surface area contributed by atoms with E-state index in [1.807, 2.05) is 48.5 Å². The molecular formula is C21H20N2O2. The predicted molar refractivity (Wildman–Crippen MR) is 97.9 cm³/mol. The molecule has 1 unspecified atom stereocenters. The number of rotatable bonds is 6. The van der Waals surface area contributed by atoms with Gasteiger partial charge < -0.3 is 10.1 Å². The molecule has 1 aromatic heterocycles. The van der Waals surface area contributed by atoms with Crippen LogP contribution in [0.1, 0.15) is 28.8 Å². The summed E-state index contributed by atoms with van der Waals surface area (Å²) in [6.07, 6.45) is 1.61. The fraction of sp³-hybridized carbons (Fsp3) is 0.143. The van der Waals surface area contributed by atoms with Crippen LogP contribution in [0.2, 0.25) is 0 Å². The van der Waals surface area contributed by atoms with Crippen LogP contribution in [0.3, 0.4) is 0 Å². The summed E-state index contributed by atoms with van der Waals surface area (Å²) >= 11 is 0. The van der Waals surface area contributed by atoms with Crippen LogP contribution in [0.5, 0.6) is 11.6 Å². The van der Waals surface area contributed by atoms with Crippen molar-refractivity contribution in [2.24, 2.45) is 0 Å². The van der Waals surface area contributed by atoms with Crippen molar-refractivity contribution in [1.82, 2.24) is 10.3 Å². The Hall–Kier alpha value is -3.14. The van der Waals surface area contributed by atoms with Gasteiger partial charge in [0, 0.05) is 12.7 Å². The zero-order valence-corrected chi connectivity index (χ0v) is 14.1. The summed E-state index contributed by atoms with van der Waals surface area (Å²) in [5.41, 5.74) is 1.61. The number of amides is 1. The molecule has 2 aromatic carbocycles. The maximum absolute atomic E-state index is 12.6. The van der Waals surface area contributed by atoms with Gasteiger partial charge in [-0.25, -0.2) is 4.98 Å². The second-order valence-electron chi connectivity index (χ2n) is 5.79. The molecule has 25 heavy (non-hydrogen) atoms. The van der Waals surface area contributed by atoms with Crippen LogP contribution in [0, 0.1) is 0 Å². The first-order valence-electron chi connectivity index (χ1n) is 8.25. The summed E-state index contributed by atoms with van der Waals surface area (Å²) in [6, 6.07) is 22.9. The summed E-state index contributed by atoms with van der Waals surface area (Å²) in [5, 5.41) is 2.96. The minimum Gasteiger partial charge on any atom is -0.438 e. The molecule has 4 heteroatoms. The number of para-hydroxylation sites is 1. The van der Waals surface area contributed by atoms with Crippen molar-refractivity contribution in [1.29, 1.82) is 0 Å². The normalized spacial score (nSPS) is 11.6. The van der Waals surface area contributed by atoms with Crippen molar-refractivity contribution in [3.8, 4) is 11.6 Å². The molecule has 0 spiro atoms. The smallest absolute Gasteiger partial charge is 0.256 e. The Morgan fingerprint density at radius 1 is 1.00 bits per heavy atom. The van der Waals surface area contributed by atoms with Crippen LogP contribution in [-0.4, -0.2) is 17.4 Å². The topological polar surface area (TPSA) is 51.2 Å². The highest BCUT2D eigenvalue weighted by Crippen LogP contribution is 2.22. The van der Waals surface area contributed by atoms with Gasteiger partial charge in [-0.3, -0.25) is 4.79 Å². The maximum atomic E-state index is 12.6. The molecule has 3 rings (SSSR count). The van der Waals surface area contributed by atoms with Gasteiger partial charge in [-0.1, -0.05) is 55.5 Å². The lowest BCUT2D eigenvalue weighted by Gasteiger charge is -2.14. The van der Waals surface area contributed by atoms with E-state index in [0.717, 1.165) is 0 Å². The summed E-state index contributed by atoms with van der Waals surface area (Å²) in [7, 11) is 0. The number of benzene rings is 2. The molecule has 0 aliphatic carbocycles. The fourth-order valence-electron chi connectivity index (χ4n) is 2.49. The van der Waals surface area contributed by atoms with E-state index in [0.29, 0.717) is 23.7 Å². The maximum Gasteiger partial charge on any atom is 0.256 e. The third kappa shape index (κ3) is 4.44. The van der Waals surface area contributed by atoms with Crippen molar-refractivity contribution in [3.05, 3.63) is 90.1 Å². The molecule has 0 fully saturated rings. The highest BCUT2D eigenvalue weighted by Gasteiger charge is 2.15. The fourth-order valence-corrected chi connectivity index (χ4v) is 2.49. The molecular weight excluding hydrogens is 312 g/mol. The van der Waals surface area contributed by atoms with Gasteiger partial charge in [-0.05, 0) is 35.7 Å². The Labute approximate surface area is 147 Å². The van der Waals surface area contributed by atoms with Crippen LogP contribution < -0.4 is 10.1 Å². The van der Waals surface area contributed by atoms with Crippen LogP contribution in [0.15, 0.2) is 79.0 Å². The van der Waals surface area contributed by atoms with Gasteiger partial charge >= 0.3 is 0 Å². The number of nitrogens with zero attached hydrogens (tertiary/aromatic N) is 1. The molecule has 1 N–H and O–H groups in total. The summed E-state index contributed by atoms with van der Waals surface area (Å²) in [6.45, 7) is 2.63. The van der Waals surface area contributed by atoms with Crippen molar-refractivity contribution in [3.63, 3.8) is 0 Å². The predicted octanol–water partition coefficient (Wildman–Crippen LogP) is 4.41. The zero-order chi connectivity index (χ0) is 17.5. The van der Waals surface area contributed by atoms with E-state index in [9.17, 15) is 4.79 Å². The van der Waals surface area contributed by atoms with E-state index in [1.54, 1.807) is 18.3 Å². The Morgan fingerprint density at radius 3 is 2.40 bits per heavy atom. The van der Waals surface area contributed by atoms with Crippen molar-refractivity contribution < 1.29 is 9.53 Å². The van der Waals surface area contributed by atoms with Gasteiger partial charge in [0.25, 0.3) is 5.91 Å². The zero-order valence-electron chi connectivity index (χ0n) is 14.1. The van der Waals surface area contributed by atoms with Gasteiger partial charge in [-0.15, -0.1) is 0 Å². The van der Waals surface area contributed by atoms with E-state index >= 15 is 0 Å². The molecule has 126 valence electrons. The summed E-state index contributed by atoms with van der Waals surface area (Å²) in [5.74, 6) is 0.980. The highest BCUT2D eigenvalue weighted by atomic mass is 16.5. The minimum absolute atomic E-state index is 0.193. The quantitative estimate of drug-likeness (QED) is 0.727. The molecule has 0 saturated heterocycles. The number of carbonyl (C=O) groups excluding carboxylic acids is 1. The monoisotopic (exact) mass is 332 g/mol. The van der Waals surface area contributed by atoms with Gasteiger partial charge in [0.2, 0.25) is 5.88 Å². The van der Waals surface area contributed by atoms with E-state index in [-0.39, 0.29) is 11.8 Å². The van der Waals surface area contributed by atoms with Crippen LogP contribution in [0.25, 0.3) is 0 Å². The number of pyridine rings is 1. The molecule has 0 aliphatic rings. The lowest BCUT2D eigenvalue weighted by Crippen LogP contribution is -2.28. The van der Waals surface area contributed by atoms with Crippen LogP contribution in [-0.2, 0) is 0 Å². The third-order valence-electron chi connectivity index (χ3n) is 3.91. The number of ether oxygens (including phenoxy) is 1. The number of nitrogens with one attached hydrogen (secondary N) is 1. The first kappa shape index (κ1) is 16.7. The Morgan fingerprint density at radius 2 is 1.68 bits per heavy atom. The first-order valence-corrected chi connectivity index (χ1v) is 8.25. The average molecular weight is 332 g/mol. The molecule has 1 atom stereocenters. The lowest BCUT2D eigenvalue weighted by atomic mass is 10.0. The standard InChI is InChI=1S/C21H20N2O2/c1-16(17-9-4-2-5-10-17)15-23-20(24)19-13-8-14-22-21(19)25-18-11-6-3-7-12-18/h2-14,16H,15H2,1H3,(H,23,24). The molecule has 0 saturated carbocycles. The molecule has 4 nitrogen and oxygen atoms in total. The number of hydrogen-bond acceptors (Lipinski definition) is 3. The molecule has 3 aromatic rings. The minimum atomic E-state index is -0.193. The third-order valence-corrected chi connectivity index (χ3v) is 3.91. The highest BCUT2D eigenvalue weighted by molar-refractivity contribution is 5.96. The second kappa shape index (κ2) is 8.11. The molecule has 1 amide bonds. The largest absolute Gasteiger partial charge is 0.438 e. The van der Waals surface area contributed by atoms with E-state index in [4.69, 9.17) is 4.74 Å². The Kier molecular flexibility index (Phi) is 5.42. The van der Waals surface area contributed by atoms with E-state index in [1.165, 1.54) is 5.56 Å². The molecule has 0 aliphatic heterocycles. The van der Waals surface area contributed by atoms with E-state index < -0.39 is 0 Å².